The zero-order valence-corrected chi connectivity index (χ0v) is 18.7. The van der Waals surface area contributed by atoms with Crippen molar-refractivity contribution < 1.29 is 18.4 Å². The first-order valence-electron chi connectivity index (χ1n) is 9.94. The van der Waals surface area contributed by atoms with Gasteiger partial charge in [0.2, 0.25) is 11.8 Å². The van der Waals surface area contributed by atoms with Crippen molar-refractivity contribution in [3.05, 3.63) is 65.0 Å². The molecule has 7 nitrogen and oxygen atoms in total. The van der Waals surface area contributed by atoms with E-state index in [1.165, 1.54) is 0 Å². The maximum Gasteiger partial charge on any atom is 0.234 e. The summed E-state index contributed by atoms with van der Waals surface area (Å²) in [6.45, 7) is 6.29. The molecule has 32 heavy (non-hydrogen) atoms. The van der Waals surface area contributed by atoms with Crippen LogP contribution >= 0.6 is 11.8 Å². The van der Waals surface area contributed by atoms with Crippen LogP contribution < -0.4 is 10.6 Å². The number of anilines is 2. The summed E-state index contributed by atoms with van der Waals surface area (Å²) >= 11 is 1.09. The number of rotatable bonds is 8. The molecule has 0 radical (unpaired) electrons. The Labute approximate surface area is 188 Å². The van der Waals surface area contributed by atoms with Crippen LogP contribution in [0.5, 0.6) is 0 Å². The molecule has 0 aliphatic carbocycles. The number of nitrogens with one attached hydrogen (secondary N) is 2. The molecule has 3 aromatic rings. The van der Waals surface area contributed by atoms with Crippen molar-refractivity contribution in [1.29, 1.82) is 0 Å². The van der Waals surface area contributed by atoms with Gasteiger partial charge in [-0.2, -0.15) is 0 Å². The summed E-state index contributed by atoms with van der Waals surface area (Å²) in [7, 11) is 0. The summed E-state index contributed by atoms with van der Waals surface area (Å²) in [5.41, 5.74) is 2.59. The molecule has 2 aromatic carbocycles. The number of benzene rings is 2. The van der Waals surface area contributed by atoms with Crippen molar-refractivity contribution in [2.24, 2.45) is 0 Å². The highest BCUT2D eigenvalue weighted by Gasteiger charge is 2.17. The summed E-state index contributed by atoms with van der Waals surface area (Å²) in [6.07, 6.45) is 0.0233. The van der Waals surface area contributed by atoms with Crippen molar-refractivity contribution in [2.75, 3.05) is 16.4 Å². The van der Waals surface area contributed by atoms with Gasteiger partial charge in [0, 0.05) is 18.3 Å². The third-order valence-electron chi connectivity index (χ3n) is 4.84. The molecule has 0 fully saturated rings. The number of thioether (sulfide) groups is 1. The molecule has 0 spiro atoms. The minimum Gasteiger partial charge on any atom is -0.325 e. The van der Waals surface area contributed by atoms with Gasteiger partial charge < -0.3 is 15.2 Å². The zero-order chi connectivity index (χ0) is 23.3. The average Bonchev–Trinajstić information content (AvgIpc) is 3.13. The van der Waals surface area contributed by atoms with Crippen LogP contribution in [0, 0.1) is 25.5 Å². The SMILES string of the molecule is CCn1c(CC(=O)Nc2cccc(C)c2C)nnc1SCC(=O)Nc1cc(F)ccc1F. The second-order valence-corrected chi connectivity index (χ2v) is 8.02. The van der Waals surface area contributed by atoms with E-state index < -0.39 is 17.5 Å². The van der Waals surface area contributed by atoms with Gasteiger partial charge >= 0.3 is 0 Å². The predicted molar refractivity (Wildman–Crippen MR) is 120 cm³/mol. The van der Waals surface area contributed by atoms with Crippen LogP contribution in [-0.4, -0.2) is 32.3 Å². The minimum atomic E-state index is -0.723. The zero-order valence-electron chi connectivity index (χ0n) is 17.9. The van der Waals surface area contributed by atoms with Gasteiger partial charge in [-0.15, -0.1) is 10.2 Å². The van der Waals surface area contributed by atoms with E-state index in [0.717, 1.165) is 46.8 Å². The van der Waals surface area contributed by atoms with Crippen LogP contribution in [0.2, 0.25) is 0 Å². The normalized spacial score (nSPS) is 10.8. The number of hydrogen-bond donors (Lipinski definition) is 2. The van der Waals surface area contributed by atoms with Crippen molar-refractivity contribution in [3.63, 3.8) is 0 Å². The molecule has 2 N–H and O–H groups in total. The summed E-state index contributed by atoms with van der Waals surface area (Å²) in [5.74, 6) is -1.73. The molecular formula is C22H23F2N5O2S. The maximum absolute atomic E-state index is 13.7. The highest BCUT2D eigenvalue weighted by molar-refractivity contribution is 7.99. The van der Waals surface area contributed by atoms with Gasteiger partial charge in [-0.05, 0) is 50.1 Å². The lowest BCUT2D eigenvalue weighted by molar-refractivity contribution is -0.116. The largest absolute Gasteiger partial charge is 0.325 e. The highest BCUT2D eigenvalue weighted by Crippen LogP contribution is 2.21. The molecule has 0 saturated heterocycles. The number of aryl methyl sites for hydroxylation is 1. The molecule has 168 valence electrons. The quantitative estimate of drug-likeness (QED) is 0.495. The Morgan fingerprint density at radius 2 is 1.78 bits per heavy atom. The van der Waals surface area contributed by atoms with E-state index in [4.69, 9.17) is 0 Å². The van der Waals surface area contributed by atoms with Crippen LogP contribution in [0.4, 0.5) is 20.2 Å². The van der Waals surface area contributed by atoms with E-state index in [9.17, 15) is 18.4 Å². The Morgan fingerprint density at radius 1 is 1.03 bits per heavy atom. The smallest absolute Gasteiger partial charge is 0.234 e. The van der Waals surface area contributed by atoms with Crippen molar-refractivity contribution >= 4 is 35.0 Å². The van der Waals surface area contributed by atoms with Gasteiger partial charge in [-0.1, -0.05) is 23.9 Å². The van der Waals surface area contributed by atoms with E-state index in [0.29, 0.717) is 17.5 Å². The fraction of sp³-hybridized carbons (Fsp3) is 0.273. The van der Waals surface area contributed by atoms with Crippen LogP contribution in [0.15, 0.2) is 41.6 Å². The van der Waals surface area contributed by atoms with Gasteiger partial charge in [0.15, 0.2) is 5.16 Å². The minimum absolute atomic E-state index is 0.0233. The lowest BCUT2D eigenvalue weighted by Gasteiger charge is -2.11. The number of aromatic nitrogens is 3. The van der Waals surface area contributed by atoms with Crippen LogP contribution in [-0.2, 0) is 22.6 Å². The number of nitrogens with zero attached hydrogens (tertiary/aromatic N) is 3. The van der Waals surface area contributed by atoms with Gasteiger partial charge in [-0.25, -0.2) is 8.78 Å². The van der Waals surface area contributed by atoms with Crippen LogP contribution in [0.1, 0.15) is 23.9 Å². The fourth-order valence-corrected chi connectivity index (χ4v) is 3.83. The summed E-state index contributed by atoms with van der Waals surface area (Å²) in [6, 6.07) is 8.52. The summed E-state index contributed by atoms with van der Waals surface area (Å²) in [4.78, 5) is 24.7. The predicted octanol–water partition coefficient (Wildman–Crippen LogP) is 4.11. The van der Waals surface area contributed by atoms with Crippen molar-refractivity contribution in [2.45, 2.75) is 38.9 Å². The molecule has 0 aliphatic heterocycles. The molecule has 10 heteroatoms. The van der Waals surface area contributed by atoms with E-state index in [2.05, 4.69) is 20.8 Å². The molecule has 0 saturated carbocycles. The van der Waals surface area contributed by atoms with Crippen molar-refractivity contribution in [1.82, 2.24) is 14.8 Å². The molecule has 3 rings (SSSR count). The highest BCUT2D eigenvalue weighted by atomic mass is 32.2. The molecule has 1 aromatic heterocycles. The molecule has 2 amide bonds. The topological polar surface area (TPSA) is 88.9 Å². The second-order valence-electron chi connectivity index (χ2n) is 7.08. The molecule has 0 atom stereocenters. The summed E-state index contributed by atoms with van der Waals surface area (Å²) in [5, 5.41) is 13.8. The van der Waals surface area contributed by atoms with E-state index in [1.54, 1.807) is 4.57 Å². The van der Waals surface area contributed by atoms with E-state index >= 15 is 0 Å². The van der Waals surface area contributed by atoms with Gasteiger partial charge in [0.25, 0.3) is 0 Å². The molecular weight excluding hydrogens is 436 g/mol. The lowest BCUT2D eigenvalue weighted by Crippen LogP contribution is -2.18. The molecule has 0 unspecified atom stereocenters. The monoisotopic (exact) mass is 459 g/mol. The number of amides is 2. The van der Waals surface area contributed by atoms with Gasteiger partial charge in [-0.3, -0.25) is 9.59 Å². The molecule has 0 bridgehead atoms. The van der Waals surface area contributed by atoms with Gasteiger partial charge in [0.1, 0.15) is 17.5 Å². The third-order valence-corrected chi connectivity index (χ3v) is 5.81. The maximum atomic E-state index is 13.7. The number of hydrogen-bond acceptors (Lipinski definition) is 5. The Bertz CT molecular complexity index is 1150. The average molecular weight is 460 g/mol. The first-order valence-corrected chi connectivity index (χ1v) is 10.9. The van der Waals surface area contributed by atoms with Crippen LogP contribution in [0.3, 0.4) is 0 Å². The Hall–Kier alpha value is -3.27. The van der Waals surface area contributed by atoms with Crippen molar-refractivity contribution in [3.8, 4) is 0 Å². The Balaban J connectivity index is 1.61. The number of halogens is 2. The first-order chi connectivity index (χ1) is 15.3. The lowest BCUT2D eigenvalue weighted by atomic mass is 10.1. The Kier molecular flexibility index (Phi) is 7.57. The fourth-order valence-electron chi connectivity index (χ4n) is 3.01. The molecule has 1 heterocycles. The van der Waals surface area contributed by atoms with E-state index in [-0.39, 0.29) is 23.8 Å². The summed E-state index contributed by atoms with van der Waals surface area (Å²) < 4.78 is 28.7. The number of carbonyl (C=O) groups excluding carboxylic acids is 2. The van der Waals surface area contributed by atoms with E-state index in [1.807, 2.05) is 39.0 Å². The first kappa shape index (κ1) is 23.4. The van der Waals surface area contributed by atoms with Crippen LogP contribution in [0.25, 0.3) is 0 Å². The standard InChI is InChI=1S/C22H23F2N5O2S/c1-4-29-19(11-20(30)25-17-7-5-6-13(2)14(17)3)27-28-22(29)32-12-21(31)26-18-10-15(23)8-9-16(18)24/h5-10H,4,11-12H2,1-3H3,(H,25,30)(H,26,31). The second kappa shape index (κ2) is 10.4. The number of carbonyl (C=O) groups is 2. The molecule has 0 aliphatic rings. The Morgan fingerprint density at radius 3 is 2.53 bits per heavy atom. The third kappa shape index (κ3) is 5.70. The van der Waals surface area contributed by atoms with Gasteiger partial charge in [0.05, 0.1) is 17.9 Å².